The zero-order valence-electron chi connectivity index (χ0n) is 14.5. The average Bonchev–Trinajstić information content (AvgIpc) is 3.01. The summed E-state index contributed by atoms with van der Waals surface area (Å²) in [5.74, 6) is -0.465. The van der Waals surface area contributed by atoms with Crippen molar-refractivity contribution in [2.24, 2.45) is 10.2 Å². The van der Waals surface area contributed by atoms with Crippen LogP contribution in [0.1, 0.15) is 18.9 Å². The fourth-order valence-corrected chi connectivity index (χ4v) is 3.54. The summed E-state index contributed by atoms with van der Waals surface area (Å²) in [5, 5.41) is 13.6. The summed E-state index contributed by atoms with van der Waals surface area (Å²) >= 11 is 4.56. The maximum atomic E-state index is 12.2. The van der Waals surface area contributed by atoms with Crippen molar-refractivity contribution in [3.05, 3.63) is 64.6 Å². The summed E-state index contributed by atoms with van der Waals surface area (Å²) in [6.07, 6.45) is 0.0625. The third-order valence-electron chi connectivity index (χ3n) is 3.76. The van der Waals surface area contributed by atoms with Crippen LogP contribution >= 0.6 is 27.7 Å². The lowest BCUT2D eigenvalue weighted by molar-refractivity contribution is -0.122. The number of rotatable bonds is 5. The van der Waals surface area contributed by atoms with Crippen LogP contribution in [0.5, 0.6) is 0 Å². The largest absolute Gasteiger partial charge is 0.326 e. The van der Waals surface area contributed by atoms with Crippen LogP contribution in [-0.2, 0) is 9.59 Å². The predicted molar refractivity (Wildman–Crippen MR) is 113 cm³/mol. The minimum atomic E-state index is -0.522. The highest BCUT2D eigenvalue weighted by Gasteiger charge is 2.32. The normalized spacial score (nSPS) is 18.4. The monoisotopic (exact) mass is 444 g/mol. The van der Waals surface area contributed by atoms with Crippen molar-refractivity contribution in [3.63, 3.8) is 0 Å². The molecule has 1 aliphatic rings. The van der Waals surface area contributed by atoms with E-state index < -0.39 is 5.25 Å². The first-order valence-corrected chi connectivity index (χ1v) is 9.89. The van der Waals surface area contributed by atoms with Gasteiger partial charge in [-0.25, -0.2) is 0 Å². The Morgan fingerprint density at radius 2 is 1.89 bits per heavy atom. The van der Waals surface area contributed by atoms with Crippen molar-refractivity contribution >= 4 is 56.1 Å². The Morgan fingerprint density at radius 1 is 1.19 bits per heavy atom. The molecule has 138 valence electrons. The number of benzene rings is 2. The Kier molecular flexibility index (Phi) is 6.41. The van der Waals surface area contributed by atoms with Gasteiger partial charge in [0.2, 0.25) is 11.8 Å². The number of nitrogens with one attached hydrogen (secondary N) is 2. The minimum absolute atomic E-state index is 0.0625. The van der Waals surface area contributed by atoms with Gasteiger partial charge in [0.25, 0.3) is 0 Å². The Balaban J connectivity index is 1.58. The number of hydrogen-bond acceptors (Lipinski definition) is 5. The molecule has 1 atom stereocenters. The van der Waals surface area contributed by atoms with Gasteiger partial charge in [0, 0.05) is 16.6 Å². The summed E-state index contributed by atoms with van der Waals surface area (Å²) in [5.41, 5.74) is 2.39. The van der Waals surface area contributed by atoms with Gasteiger partial charge in [0.1, 0.15) is 5.25 Å². The number of amides is 2. The predicted octanol–water partition coefficient (Wildman–Crippen LogP) is 3.79. The molecule has 2 N–H and O–H groups in total. The zero-order valence-corrected chi connectivity index (χ0v) is 16.9. The molecule has 0 radical (unpaired) electrons. The van der Waals surface area contributed by atoms with Crippen LogP contribution < -0.4 is 10.6 Å². The van der Waals surface area contributed by atoms with E-state index in [1.807, 2.05) is 49.4 Å². The smallest absolute Gasteiger partial charge is 0.240 e. The van der Waals surface area contributed by atoms with Crippen LogP contribution in [0.25, 0.3) is 0 Å². The highest BCUT2D eigenvalue weighted by Crippen LogP contribution is 2.23. The summed E-state index contributed by atoms with van der Waals surface area (Å²) in [7, 11) is 0. The second-order valence-corrected chi connectivity index (χ2v) is 7.92. The highest BCUT2D eigenvalue weighted by atomic mass is 79.9. The molecule has 0 spiro atoms. The molecule has 0 bridgehead atoms. The number of anilines is 1. The first-order chi connectivity index (χ1) is 13.0. The lowest BCUT2D eigenvalue weighted by Crippen LogP contribution is -2.28. The Labute approximate surface area is 169 Å². The van der Waals surface area contributed by atoms with E-state index in [0.717, 1.165) is 15.7 Å². The number of carbonyl (C=O) groups excluding carboxylic acids is 2. The van der Waals surface area contributed by atoms with Crippen LogP contribution in [0.15, 0.2) is 69.3 Å². The molecule has 1 heterocycles. The molecule has 3 rings (SSSR count). The highest BCUT2D eigenvalue weighted by molar-refractivity contribution is 9.10. The van der Waals surface area contributed by atoms with Crippen LogP contribution in [0.2, 0.25) is 0 Å². The van der Waals surface area contributed by atoms with Gasteiger partial charge >= 0.3 is 0 Å². The van der Waals surface area contributed by atoms with E-state index in [1.54, 1.807) is 12.1 Å². The molecule has 2 aromatic rings. The topological polar surface area (TPSA) is 82.9 Å². The van der Waals surface area contributed by atoms with Gasteiger partial charge in [-0.15, -0.1) is 5.10 Å². The van der Waals surface area contributed by atoms with Gasteiger partial charge in [-0.05, 0) is 36.8 Å². The van der Waals surface area contributed by atoms with Gasteiger partial charge < -0.3 is 10.6 Å². The van der Waals surface area contributed by atoms with Crippen LogP contribution in [0.3, 0.4) is 0 Å². The third-order valence-corrected chi connectivity index (χ3v) is 5.36. The molecule has 0 aliphatic carbocycles. The van der Waals surface area contributed by atoms with Crippen molar-refractivity contribution in [2.75, 3.05) is 5.32 Å². The van der Waals surface area contributed by atoms with Gasteiger partial charge in [-0.1, -0.05) is 58.0 Å². The van der Waals surface area contributed by atoms with Crippen LogP contribution in [0, 0.1) is 0 Å². The molecule has 0 aromatic heterocycles. The number of thioether (sulfide) groups is 1. The molecule has 8 heteroatoms. The Bertz CT molecular complexity index is 898. The molecule has 0 saturated carbocycles. The second-order valence-electron chi connectivity index (χ2n) is 5.81. The third kappa shape index (κ3) is 5.51. The lowest BCUT2D eigenvalue weighted by atomic mass is 10.1. The average molecular weight is 445 g/mol. The van der Waals surface area contributed by atoms with Crippen molar-refractivity contribution in [3.8, 4) is 0 Å². The van der Waals surface area contributed by atoms with Crippen molar-refractivity contribution < 1.29 is 9.59 Å². The molecule has 1 fully saturated rings. The number of carbonyl (C=O) groups is 2. The maximum absolute atomic E-state index is 12.2. The van der Waals surface area contributed by atoms with Crippen LogP contribution in [0.4, 0.5) is 5.69 Å². The van der Waals surface area contributed by atoms with Gasteiger partial charge in [-0.2, -0.15) is 5.10 Å². The number of amidine groups is 1. The Hall–Kier alpha value is -2.45. The van der Waals surface area contributed by atoms with Gasteiger partial charge in [0.15, 0.2) is 5.17 Å². The molecular formula is C19H17BrN4O2S. The molecule has 1 saturated heterocycles. The fraction of sp³-hybridized carbons (Fsp3) is 0.158. The summed E-state index contributed by atoms with van der Waals surface area (Å²) in [4.78, 5) is 24.3. The summed E-state index contributed by atoms with van der Waals surface area (Å²) in [6.45, 7) is 1.85. The fourth-order valence-electron chi connectivity index (χ4n) is 2.36. The number of hydrogen-bond donors (Lipinski definition) is 2. The van der Waals surface area contributed by atoms with Crippen molar-refractivity contribution in [1.82, 2.24) is 5.32 Å². The standard InChI is InChI=1S/C19H17BrN4O2S/c1-12(13-5-3-2-4-6-13)23-24-19-22-18(26)16(27-19)11-17(25)21-15-9-7-14(20)8-10-15/h2-10,16H,11H2,1H3,(H,21,25)(H,22,24,26)/b23-12+. The Morgan fingerprint density at radius 3 is 2.59 bits per heavy atom. The van der Waals surface area contributed by atoms with E-state index in [4.69, 9.17) is 0 Å². The molecule has 2 aromatic carbocycles. The SMILES string of the molecule is C/C(=N\N=C1/NC(=O)C(CC(=O)Nc2ccc(Br)cc2)S1)c1ccccc1. The van der Waals surface area contributed by atoms with Crippen molar-refractivity contribution in [1.29, 1.82) is 0 Å². The van der Waals surface area contributed by atoms with E-state index in [-0.39, 0.29) is 18.2 Å². The summed E-state index contributed by atoms with van der Waals surface area (Å²) in [6, 6.07) is 16.9. The van der Waals surface area contributed by atoms with Gasteiger partial charge in [-0.3, -0.25) is 9.59 Å². The molecule has 1 aliphatic heterocycles. The molecule has 27 heavy (non-hydrogen) atoms. The van der Waals surface area contributed by atoms with Crippen LogP contribution in [-0.4, -0.2) is 27.9 Å². The van der Waals surface area contributed by atoms with E-state index in [9.17, 15) is 9.59 Å². The van der Waals surface area contributed by atoms with E-state index in [0.29, 0.717) is 10.9 Å². The van der Waals surface area contributed by atoms with E-state index in [2.05, 4.69) is 36.8 Å². The number of halogens is 1. The van der Waals surface area contributed by atoms with Gasteiger partial charge in [0.05, 0.1) is 5.71 Å². The molecular weight excluding hydrogens is 428 g/mol. The summed E-state index contributed by atoms with van der Waals surface area (Å²) < 4.78 is 0.929. The molecule has 2 amide bonds. The molecule has 6 nitrogen and oxygen atoms in total. The quantitative estimate of drug-likeness (QED) is 0.543. The number of nitrogens with zero attached hydrogens (tertiary/aromatic N) is 2. The van der Waals surface area contributed by atoms with Crippen molar-refractivity contribution in [2.45, 2.75) is 18.6 Å². The second kappa shape index (κ2) is 8.96. The minimum Gasteiger partial charge on any atom is -0.326 e. The first kappa shape index (κ1) is 19.3. The lowest BCUT2D eigenvalue weighted by Gasteiger charge is -2.07. The zero-order chi connectivity index (χ0) is 19.2. The van der Waals surface area contributed by atoms with E-state index >= 15 is 0 Å². The van der Waals surface area contributed by atoms with E-state index in [1.165, 1.54) is 11.8 Å². The first-order valence-electron chi connectivity index (χ1n) is 8.22. The molecule has 1 unspecified atom stereocenters. The maximum Gasteiger partial charge on any atom is 0.240 e.